The van der Waals surface area contributed by atoms with Crippen LogP contribution in [0.4, 0.5) is 11.5 Å². The molecule has 2 aromatic carbocycles. The maximum absolute atomic E-state index is 12.1. The Morgan fingerprint density at radius 3 is 2.58 bits per heavy atom. The lowest BCUT2D eigenvalue weighted by atomic mass is 10.1. The van der Waals surface area contributed by atoms with Crippen molar-refractivity contribution < 1.29 is 9.53 Å². The first-order valence-corrected chi connectivity index (χ1v) is 8.31. The largest absolute Gasteiger partial charge is 0.497 e. The molecule has 0 fully saturated rings. The van der Waals surface area contributed by atoms with Gasteiger partial charge in [0.05, 0.1) is 7.11 Å². The van der Waals surface area contributed by atoms with Crippen molar-refractivity contribution in [2.24, 2.45) is 0 Å². The standard InChI is InChI=1S/C20H20N4O2/c1-26-17-9-5-8-16(14-17)22-19-11-10-18(23-24-19)20(25)21-13-12-15-6-3-2-4-7-15/h2-11,14H,12-13H2,1H3,(H,21,25)(H,22,24). The molecule has 0 saturated carbocycles. The Morgan fingerprint density at radius 1 is 1.00 bits per heavy atom. The zero-order chi connectivity index (χ0) is 18.2. The number of methoxy groups -OCH3 is 1. The van der Waals surface area contributed by atoms with Crippen molar-refractivity contribution in [1.29, 1.82) is 0 Å². The van der Waals surface area contributed by atoms with Gasteiger partial charge in [0.25, 0.3) is 5.91 Å². The zero-order valence-electron chi connectivity index (χ0n) is 14.5. The summed E-state index contributed by atoms with van der Waals surface area (Å²) in [5, 5.41) is 14.0. The second-order valence-corrected chi connectivity index (χ2v) is 5.65. The van der Waals surface area contributed by atoms with Gasteiger partial charge in [0, 0.05) is 18.3 Å². The van der Waals surface area contributed by atoms with E-state index in [1.807, 2.05) is 54.6 Å². The topological polar surface area (TPSA) is 76.1 Å². The summed E-state index contributed by atoms with van der Waals surface area (Å²) in [5.74, 6) is 1.07. The van der Waals surface area contributed by atoms with E-state index in [-0.39, 0.29) is 11.6 Å². The molecule has 0 unspecified atom stereocenters. The van der Waals surface area contributed by atoms with Gasteiger partial charge in [-0.2, -0.15) is 0 Å². The van der Waals surface area contributed by atoms with Crippen molar-refractivity contribution in [3.8, 4) is 5.75 Å². The number of amides is 1. The molecule has 1 heterocycles. The molecule has 2 N–H and O–H groups in total. The Labute approximate surface area is 152 Å². The first-order chi connectivity index (χ1) is 12.7. The number of benzene rings is 2. The van der Waals surface area contributed by atoms with Crippen LogP contribution in [0.15, 0.2) is 66.7 Å². The van der Waals surface area contributed by atoms with Gasteiger partial charge in [0.15, 0.2) is 11.5 Å². The first kappa shape index (κ1) is 17.4. The van der Waals surface area contributed by atoms with Gasteiger partial charge in [0.2, 0.25) is 0 Å². The fourth-order valence-electron chi connectivity index (χ4n) is 2.42. The molecule has 0 aliphatic carbocycles. The molecule has 0 atom stereocenters. The predicted octanol–water partition coefficient (Wildman–Crippen LogP) is 3.20. The first-order valence-electron chi connectivity index (χ1n) is 8.31. The van der Waals surface area contributed by atoms with Crippen molar-refractivity contribution in [1.82, 2.24) is 15.5 Å². The fraction of sp³-hybridized carbons (Fsp3) is 0.150. The van der Waals surface area contributed by atoms with Crippen LogP contribution in [-0.2, 0) is 6.42 Å². The quantitative estimate of drug-likeness (QED) is 0.686. The Kier molecular flexibility index (Phi) is 5.77. The van der Waals surface area contributed by atoms with E-state index in [0.717, 1.165) is 17.9 Å². The lowest BCUT2D eigenvalue weighted by Crippen LogP contribution is -2.26. The molecule has 132 valence electrons. The number of aromatic nitrogens is 2. The van der Waals surface area contributed by atoms with E-state index in [0.29, 0.717) is 12.4 Å². The predicted molar refractivity (Wildman–Crippen MR) is 101 cm³/mol. The third kappa shape index (κ3) is 4.80. The minimum Gasteiger partial charge on any atom is -0.497 e. The van der Waals surface area contributed by atoms with Crippen molar-refractivity contribution in [2.45, 2.75) is 6.42 Å². The number of nitrogens with zero attached hydrogens (tertiary/aromatic N) is 2. The summed E-state index contributed by atoms with van der Waals surface area (Å²) in [6, 6.07) is 20.9. The Morgan fingerprint density at radius 2 is 1.85 bits per heavy atom. The van der Waals surface area contributed by atoms with Gasteiger partial charge >= 0.3 is 0 Å². The second kappa shape index (κ2) is 8.62. The van der Waals surface area contributed by atoms with Crippen LogP contribution in [0.25, 0.3) is 0 Å². The normalized spacial score (nSPS) is 10.2. The number of carbonyl (C=O) groups excluding carboxylic acids is 1. The molecule has 1 aromatic heterocycles. The van der Waals surface area contributed by atoms with Gasteiger partial charge in [0.1, 0.15) is 5.75 Å². The molecule has 6 nitrogen and oxygen atoms in total. The molecular weight excluding hydrogens is 328 g/mol. The van der Waals surface area contributed by atoms with Gasteiger partial charge in [-0.3, -0.25) is 4.79 Å². The van der Waals surface area contributed by atoms with Crippen molar-refractivity contribution in [2.75, 3.05) is 19.0 Å². The average Bonchev–Trinajstić information content (AvgIpc) is 2.69. The smallest absolute Gasteiger partial charge is 0.271 e. The van der Waals surface area contributed by atoms with E-state index in [4.69, 9.17) is 4.74 Å². The Bertz CT molecular complexity index is 851. The highest BCUT2D eigenvalue weighted by Gasteiger charge is 2.08. The molecular formula is C20H20N4O2. The molecule has 3 rings (SSSR count). The highest BCUT2D eigenvalue weighted by atomic mass is 16.5. The molecule has 26 heavy (non-hydrogen) atoms. The number of anilines is 2. The van der Waals surface area contributed by atoms with E-state index in [9.17, 15) is 4.79 Å². The van der Waals surface area contributed by atoms with Crippen molar-refractivity contribution >= 4 is 17.4 Å². The van der Waals surface area contributed by atoms with Crippen LogP contribution in [0.2, 0.25) is 0 Å². The van der Waals surface area contributed by atoms with Gasteiger partial charge in [-0.05, 0) is 36.2 Å². The van der Waals surface area contributed by atoms with Gasteiger partial charge < -0.3 is 15.4 Å². The van der Waals surface area contributed by atoms with E-state index < -0.39 is 0 Å². The highest BCUT2D eigenvalue weighted by Crippen LogP contribution is 2.19. The van der Waals surface area contributed by atoms with Crippen LogP contribution < -0.4 is 15.4 Å². The summed E-state index contributed by atoms with van der Waals surface area (Å²) in [7, 11) is 1.62. The lowest BCUT2D eigenvalue weighted by molar-refractivity contribution is 0.0948. The number of ether oxygens (including phenoxy) is 1. The highest BCUT2D eigenvalue weighted by molar-refractivity contribution is 5.92. The summed E-state index contributed by atoms with van der Waals surface area (Å²) < 4.78 is 5.18. The molecule has 0 spiro atoms. The van der Waals surface area contributed by atoms with Crippen LogP contribution in [0.1, 0.15) is 16.1 Å². The van der Waals surface area contributed by atoms with Crippen LogP contribution in [-0.4, -0.2) is 29.8 Å². The van der Waals surface area contributed by atoms with Crippen molar-refractivity contribution in [3.63, 3.8) is 0 Å². The summed E-state index contributed by atoms with van der Waals surface area (Å²) in [6.45, 7) is 0.550. The Balaban J connectivity index is 1.54. The number of hydrogen-bond donors (Lipinski definition) is 2. The molecule has 0 bridgehead atoms. The molecule has 0 radical (unpaired) electrons. The van der Waals surface area contributed by atoms with Crippen LogP contribution >= 0.6 is 0 Å². The second-order valence-electron chi connectivity index (χ2n) is 5.65. The molecule has 1 amide bonds. The van der Waals surface area contributed by atoms with E-state index in [1.54, 1.807) is 19.2 Å². The van der Waals surface area contributed by atoms with Crippen LogP contribution in [0, 0.1) is 0 Å². The maximum atomic E-state index is 12.1. The summed E-state index contributed by atoms with van der Waals surface area (Å²) in [5.41, 5.74) is 2.30. The Hall–Kier alpha value is -3.41. The molecule has 6 heteroatoms. The monoisotopic (exact) mass is 348 g/mol. The van der Waals surface area contributed by atoms with Crippen LogP contribution in [0.3, 0.4) is 0 Å². The molecule has 0 aliphatic heterocycles. The molecule has 0 aliphatic rings. The summed E-state index contributed by atoms with van der Waals surface area (Å²) >= 11 is 0. The molecule has 0 saturated heterocycles. The van der Waals surface area contributed by atoms with E-state index >= 15 is 0 Å². The lowest BCUT2D eigenvalue weighted by Gasteiger charge is -2.08. The van der Waals surface area contributed by atoms with E-state index in [2.05, 4.69) is 20.8 Å². The number of carbonyl (C=O) groups is 1. The number of rotatable bonds is 7. The van der Waals surface area contributed by atoms with Gasteiger partial charge in [-0.1, -0.05) is 36.4 Å². The summed E-state index contributed by atoms with van der Waals surface area (Å²) in [4.78, 5) is 12.1. The van der Waals surface area contributed by atoms with Crippen molar-refractivity contribution in [3.05, 3.63) is 78.0 Å². The fourth-order valence-corrected chi connectivity index (χ4v) is 2.42. The third-order valence-corrected chi connectivity index (χ3v) is 3.78. The van der Waals surface area contributed by atoms with Gasteiger partial charge in [-0.25, -0.2) is 0 Å². The SMILES string of the molecule is COc1cccc(Nc2ccc(C(=O)NCCc3ccccc3)nn2)c1. The summed E-state index contributed by atoms with van der Waals surface area (Å²) in [6.07, 6.45) is 0.773. The minimum atomic E-state index is -0.235. The average molecular weight is 348 g/mol. The zero-order valence-corrected chi connectivity index (χ0v) is 14.5. The third-order valence-electron chi connectivity index (χ3n) is 3.78. The van der Waals surface area contributed by atoms with E-state index in [1.165, 1.54) is 5.56 Å². The number of hydrogen-bond acceptors (Lipinski definition) is 5. The van der Waals surface area contributed by atoms with Gasteiger partial charge in [-0.15, -0.1) is 10.2 Å². The minimum absolute atomic E-state index is 0.235. The maximum Gasteiger partial charge on any atom is 0.271 e. The van der Waals surface area contributed by atoms with Crippen LogP contribution in [0.5, 0.6) is 5.75 Å². The molecule has 3 aromatic rings. The number of nitrogens with one attached hydrogen (secondary N) is 2.